The van der Waals surface area contributed by atoms with Gasteiger partial charge in [0.2, 0.25) is 0 Å². The molecule has 0 N–H and O–H groups in total. The van der Waals surface area contributed by atoms with Gasteiger partial charge < -0.3 is 9.64 Å². The molecule has 0 radical (unpaired) electrons. The van der Waals surface area contributed by atoms with E-state index in [0.717, 1.165) is 5.56 Å². The van der Waals surface area contributed by atoms with E-state index in [2.05, 4.69) is 4.98 Å². The van der Waals surface area contributed by atoms with Crippen LogP contribution in [0.1, 0.15) is 38.8 Å². The number of amides is 1. The third-order valence-electron chi connectivity index (χ3n) is 4.76. The van der Waals surface area contributed by atoms with Gasteiger partial charge in [-0.3, -0.25) is 19.9 Å². The molecule has 2 aromatic carbocycles. The summed E-state index contributed by atoms with van der Waals surface area (Å²) in [6, 6.07) is 14.5. The number of hydrogen-bond donors (Lipinski definition) is 0. The number of aromatic nitrogens is 1. The molecule has 8 nitrogen and oxygen atoms in total. The van der Waals surface area contributed by atoms with Crippen LogP contribution < -0.4 is 4.90 Å². The lowest BCUT2D eigenvalue weighted by Crippen LogP contribution is -2.31. The number of anilines is 1. The summed E-state index contributed by atoms with van der Waals surface area (Å²) in [5.41, 5.74) is 2.15. The highest BCUT2D eigenvalue weighted by atomic mass is 16.6. The van der Waals surface area contributed by atoms with Crippen molar-refractivity contribution in [3.8, 4) is 0 Å². The van der Waals surface area contributed by atoms with Crippen LogP contribution in [0.25, 0.3) is 0 Å². The molecule has 1 aromatic heterocycles. The van der Waals surface area contributed by atoms with Crippen LogP contribution in [0.4, 0.5) is 11.4 Å². The lowest BCUT2D eigenvalue weighted by molar-refractivity contribution is -0.385. The molecule has 1 heterocycles. The topological polar surface area (TPSA) is 103 Å². The van der Waals surface area contributed by atoms with Crippen molar-refractivity contribution in [1.29, 1.82) is 0 Å². The van der Waals surface area contributed by atoms with E-state index in [-0.39, 0.29) is 30.3 Å². The average molecular weight is 419 g/mol. The Morgan fingerprint density at radius 1 is 1.06 bits per heavy atom. The van der Waals surface area contributed by atoms with Crippen molar-refractivity contribution in [2.75, 3.05) is 11.5 Å². The molecule has 8 heteroatoms. The molecule has 0 bridgehead atoms. The fraction of sp³-hybridized carbons (Fsp3) is 0.174. The normalized spacial score (nSPS) is 10.4. The van der Waals surface area contributed by atoms with Crippen molar-refractivity contribution in [3.63, 3.8) is 0 Å². The number of nitrogens with zero attached hydrogens (tertiary/aromatic N) is 3. The molecule has 0 fully saturated rings. The maximum atomic E-state index is 13.5. The van der Waals surface area contributed by atoms with Crippen molar-refractivity contribution in [3.05, 3.63) is 99.4 Å². The number of nitro groups is 1. The van der Waals surface area contributed by atoms with Crippen LogP contribution >= 0.6 is 0 Å². The van der Waals surface area contributed by atoms with Crippen LogP contribution in [0, 0.1) is 17.0 Å². The smallest absolute Gasteiger partial charge is 0.338 e. The van der Waals surface area contributed by atoms with Gasteiger partial charge in [-0.25, -0.2) is 4.79 Å². The monoisotopic (exact) mass is 419 g/mol. The van der Waals surface area contributed by atoms with Gasteiger partial charge in [0.25, 0.3) is 11.6 Å². The minimum atomic E-state index is -0.506. The second kappa shape index (κ2) is 9.62. The van der Waals surface area contributed by atoms with Crippen LogP contribution in [0.15, 0.2) is 67.0 Å². The Morgan fingerprint density at radius 2 is 1.74 bits per heavy atom. The average Bonchev–Trinajstić information content (AvgIpc) is 2.78. The molecular formula is C23H21N3O5. The molecule has 0 aliphatic rings. The molecule has 3 aromatic rings. The van der Waals surface area contributed by atoms with Crippen molar-refractivity contribution >= 4 is 23.3 Å². The second-order valence-electron chi connectivity index (χ2n) is 6.72. The number of nitro benzene ring substituents is 1. The predicted molar refractivity (Wildman–Crippen MR) is 115 cm³/mol. The van der Waals surface area contributed by atoms with Gasteiger partial charge >= 0.3 is 5.97 Å². The fourth-order valence-electron chi connectivity index (χ4n) is 3.14. The Bertz CT molecular complexity index is 1100. The van der Waals surface area contributed by atoms with Gasteiger partial charge in [0.05, 0.1) is 23.6 Å². The molecule has 158 valence electrons. The number of hydrogen-bond acceptors (Lipinski definition) is 6. The predicted octanol–water partition coefficient (Wildman–Crippen LogP) is 4.32. The van der Waals surface area contributed by atoms with E-state index >= 15 is 0 Å². The first-order valence-corrected chi connectivity index (χ1v) is 9.64. The number of pyridine rings is 1. The van der Waals surface area contributed by atoms with Gasteiger partial charge in [0.1, 0.15) is 0 Å². The van der Waals surface area contributed by atoms with Gasteiger partial charge in [0, 0.05) is 35.3 Å². The fourth-order valence-corrected chi connectivity index (χ4v) is 3.14. The Hall–Kier alpha value is -4.07. The summed E-state index contributed by atoms with van der Waals surface area (Å²) < 4.78 is 5.00. The second-order valence-corrected chi connectivity index (χ2v) is 6.72. The summed E-state index contributed by atoms with van der Waals surface area (Å²) >= 11 is 0. The first-order chi connectivity index (χ1) is 14.9. The van der Waals surface area contributed by atoms with E-state index in [0.29, 0.717) is 16.8 Å². The van der Waals surface area contributed by atoms with Crippen molar-refractivity contribution in [2.24, 2.45) is 0 Å². The number of carbonyl (C=O) groups excluding carboxylic acids is 2. The summed E-state index contributed by atoms with van der Waals surface area (Å²) in [6.07, 6.45) is 3.25. The highest BCUT2D eigenvalue weighted by molar-refractivity contribution is 6.07. The van der Waals surface area contributed by atoms with Gasteiger partial charge in [-0.05, 0) is 61.9 Å². The molecule has 0 spiro atoms. The molecule has 31 heavy (non-hydrogen) atoms. The highest BCUT2D eigenvalue weighted by Crippen LogP contribution is 2.26. The lowest BCUT2D eigenvalue weighted by Gasteiger charge is -2.24. The third kappa shape index (κ3) is 4.92. The highest BCUT2D eigenvalue weighted by Gasteiger charge is 2.24. The minimum absolute atomic E-state index is 0.118. The van der Waals surface area contributed by atoms with Gasteiger partial charge in [-0.1, -0.05) is 6.07 Å². The van der Waals surface area contributed by atoms with E-state index in [1.807, 2.05) is 0 Å². The summed E-state index contributed by atoms with van der Waals surface area (Å²) in [4.78, 5) is 41.7. The maximum absolute atomic E-state index is 13.5. The molecule has 0 saturated carbocycles. The zero-order valence-corrected chi connectivity index (χ0v) is 17.1. The Balaban J connectivity index is 2.01. The molecule has 0 unspecified atom stereocenters. The van der Waals surface area contributed by atoms with Gasteiger partial charge in [-0.2, -0.15) is 0 Å². The first kappa shape index (κ1) is 21.6. The van der Waals surface area contributed by atoms with E-state index in [9.17, 15) is 19.7 Å². The zero-order chi connectivity index (χ0) is 22.4. The number of carbonyl (C=O) groups is 2. The molecule has 0 aliphatic carbocycles. The maximum Gasteiger partial charge on any atom is 0.338 e. The number of ether oxygens (including phenoxy) is 1. The van der Waals surface area contributed by atoms with Gasteiger partial charge in [-0.15, -0.1) is 0 Å². The van der Waals surface area contributed by atoms with E-state index in [1.54, 1.807) is 68.7 Å². The van der Waals surface area contributed by atoms with Crippen molar-refractivity contribution in [2.45, 2.75) is 20.4 Å². The molecule has 1 amide bonds. The largest absolute Gasteiger partial charge is 0.462 e. The Morgan fingerprint density at radius 3 is 2.35 bits per heavy atom. The standard InChI is InChI=1S/C23H21N3O5/c1-3-31-23(28)18-7-9-19(10-8-18)25(15-17-11-13-24-14-12-17)22(27)20-5-4-6-21(16(20)2)26(29)30/h4-14H,3,15H2,1-2H3. The van der Waals surface area contributed by atoms with Crippen molar-refractivity contribution < 1.29 is 19.2 Å². The zero-order valence-electron chi connectivity index (χ0n) is 17.1. The van der Waals surface area contributed by atoms with Crippen LogP contribution in [0.2, 0.25) is 0 Å². The molecule has 0 aliphatic heterocycles. The number of esters is 1. The minimum Gasteiger partial charge on any atom is -0.462 e. The van der Waals surface area contributed by atoms with Crippen LogP contribution in [-0.2, 0) is 11.3 Å². The van der Waals surface area contributed by atoms with E-state index in [4.69, 9.17) is 4.74 Å². The van der Waals surface area contributed by atoms with Crippen molar-refractivity contribution in [1.82, 2.24) is 4.98 Å². The Kier molecular flexibility index (Phi) is 6.71. The first-order valence-electron chi connectivity index (χ1n) is 9.64. The van der Waals surface area contributed by atoms with Crippen LogP contribution in [0.5, 0.6) is 0 Å². The molecular weight excluding hydrogens is 398 g/mol. The summed E-state index contributed by atoms with van der Waals surface area (Å²) in [6.45, 7) is 3.77. The summed E-state index contributed by atoms with van der Waals surface area (Å²) in [7, 11) is 0. The quantitative estimate of drug-likeness (QED) is 0.321. The molecule has 0 atom stereocenters. The van der Waals surface area contributed by atoms with Crippen LogP contribution in [0.3, 0.4) is 0 Å². The molecule has 3 rings (SSSR count). The lowest BCUT2D eigenvalue weighted by atomic mass is 10.0. The SMILES string of the molecule is CCOC(=O)c1ccc(N(Cc2ccncc2)C(=O)c2cccc([N+](=O)[O-])c2C)cc1. The summed E-state index contributed by atoms with van der Waals surface area (Å²) in [5.74, 6) is -0.836. The van der Waals surface area contributed by atoms with Gasteiger partial charge in [0.15, 0.2) is 0 Å². The Labute approximate surface area is 179 Å². The van der Waals surface area contributed by atoms with Crippen LogP contribution in [-0.4, -0.2) is 28.4 Å². The number of benzene rings is 2. The summed E-state index contributed by atoms with van der Waals surface area (Å²) in [5, 5.41) is 11.3. The molecule has 0 saturated heterocycles. The number of rotatable bonds is 7. The third-order valence-corrected chi connectivity index (χ3v) is 4.76. The van der Waals surface area contributed by atoms with E-state index in [1.165, 1.54) is 17.0 Å². The van der Waals surface area contributed by atoms with E-state index < -0.39 is 10.9 Å².